The highest BCUT2D eigenvalue weighted by molar-refractivity contribution is 9.10. The first-order valence-electron chi connectivity index (χ1n) is 5.37. The average molecular weight is 315 g/mol. The molecule has 6 nitrogen and oxygen atoms in total. The van der Waals surface area contributed by atoms with Gasteiger partial charge in [0.1, 0.15) is 0 Å². The van der Waals surface area contributed by atoms with Crippen molar-refractivity contribution in [2.75, 3.05) is 19.7 Å². The number of nitro groups is 1. The van der Waals surface area contributed by atoms with Gasteiger partial charge in [0, 0.05) is 42.2 Å². The number of carbonyl (C=O) groups excluding carboxylic acids is 1. The number of hydrogen-bond acceptors (Lipinski definition) is 4. The van der Waals surface area contributed by atoms with Crippen LogP contribution < -0.4 is 0 Å². The smallest absolute Gasteiger partial charge is 0.270 e. The Hall–Kier alpha value is -1.47. The molecule has 0 spiro atoms. The number of aliphatic hydroxyl groups is 1. The molecule has 1 N–H and O–H groups in total. The molecular weight excluding hydrogens is 304 g/mol. The van der Waals surface area contributed by atoms with E-state index >= 15 is 0 Å². The van der Waals surface area contributed by atoms with Crippen LogP contribution in [0.25, 0.3) is 0 Å². The van der Waals surface area contributed by atoms with Gasteiger partial charge in [-0.1, -0.05) is 0 Å². The second kappa shape index (κ2) is 5.03. The molecule has 7 heteroatoms. The van der Waals surface area contributed by atoms with E-state index < -0.39 is 4.92 Å². The van der Waals surface area contributed by atoms with Crippen molar-refractivity contribution in [2.45, 2.75) is 0 Å². The molecule has 0 bridgehead atoms. The number of halogens is 1. The maximum Gasteiger partial charge on any atom is 0.270 e. The van der Waals surface area contributed by atoms with Gasteiger partial charge in [0.05, 0.1) is 10.5 Å². The van der Waals surface area contributed by atoms with E-state index in [1.54, 1.807) is 4.90 Å². The van der Waals surface area contributed by atoms with E-state index in [2.05, 4.69) is 15.9 Å². The highest BCUT2D eigenvalue weighted by atomic mass is 79.9. The summed E-state index contributed by atoms with van der Waals surface area (Å²) in [7, 11) is 0. The largest absolute Gasteiger partial charge is 0.396 e. The van der Waals surface area contributed by atoms with Crippen LogP contribution in [0.4, 0.5) is 5.69 Å². The topological polar surface area (TPSA) is 83.7 Å². The third kappa shape index (κ3) is 2.37. The van der Waals surface area contributed by atoms with Gasteiger partial charge >= 0.3 is 0 Å². The van der Waals surface area contributed by atoms with Crippen LogP contribution in [0.1, 0.15) is 10.4 Å². The quantitative estimate of drug-likeness (QED) is 0.675. The minimum Gasteiger partial charge on any atom is -0.396 e. The Balaban J connectivity index is 2.20. The molecule has 2 rings (SSSR count). The van der Waals surface area contributed by atoms with Gasteiger partial charge in [-0.2, -0.15) is 0 Å². The maximum absolute atomic E-state index is 12.1. The molecule has 1 heterocycles. The zero-order valence-corrected chi connectivity index (χ0v) is 11.0. The first-order valence-corrected chi connectivity index (χ1v) is 6.16. The Kier molecular flexibility index (Phi) is 3.63. The number of non-ortho nitro benzene ring substituents is 1. The Bertz CT molecular complexity index is 500. The third-order valence-electron chi connectivity index (χ3n) is 2.89. The molecule has 96 valence electrons. The van der Waals surface area contributed by atoms with E-state index in [4.69, 9.17) is 5.11 Å². The number of aliphatic hydroxyl groups excluding tert-OH is 1. The van der Waals surface area contributed by atoms with E-state index in [-0.39, 0.29) is 29.7 Å². The Labute approximate surface area is 111 Å². The average Bonchev–Trinajstić information content (AvgIpc) is 2.27. The Morgan fingerprint density at radius 1 is 1.56 bits per heavy atom. The lowest BCUT2D eigenvalue weighted by Gasteiger charge is -2.38. The number of nitro benzene ring substituents is 1. The van der Waals surface area contributed by atoms with Crippen LogP contribution >= 0.6 is 15.9 Å². The van der Waals surface area contributed by atoms with Crippen molar-refractivity contribution in [3.63, 3.8) is 0 Å². The van der Waals surface area contributed by atoms with Crippen LogP contribution in [0.15, 0.2) is 22.7 Å². The van der Waals surface area contributed by atoms with E-state index in [9.17, 15) is 14.9 Å². The Morgan fingerprint density at radius 2 is 2.22 bits per heavy atom. The van der Waals surface area contributed by atoms with Gasteiger partial charge in [0.2, 0.25) is 0 Å². The summed E-state index contributed by atoms with van der Waals surface area (Å²) in [6.45, 7) is 1.04. The molecule has 1 fully saturated rings. The van der Waals surface area contributed by atoms with Crippen LogP contribution in [-0.4, -0.2) is 40.5 Å². The van der Waals surface area contributed by atoms with Crippen molar-refractivity contribution >= 4 is 27.5 Å². The third-order valence-corrected chi connectivity index (χ3v) is 3.59. The number of benzene rings is 1. The van der Waals surface area contributed by atoms with Crippen molar-refractivity contribution in [2.24, 2.45) is 5.92 Å². The molecule has 0 unspecified atom stereocenters. The summed E-state index contributed by atoms with van der Waals surface area (Å²) in [4.78, 5) is 23.8. The van der Waals surface area contributed by atoms with Crippen molar-refractivity contribution in [3.05, 3.63) is 38.3 Å². The second-order valence-electron chi connectivity index (χ2n) is 4.18. The number of likely N-dealkylation sites (tertiary alicyclic amines) is 1. The maximum atomic E-state index is 12.1. The van der Waals surface area contributed by atoms with Gasteiger partial charge in [-0.3, -0.25) is 14.9 Å². The molecular formula is C11H11BrN2O4. The van der Waals surface area contributed by atoms with Gasteiger partial charge in [-0.15, -0.1) is 0 Å². The summed E-state index contributed by atoms with van der Waals surface area (Å²) in [5, 5.41) is 19.6. The zero-order chi connectivity index (χ0) is 13.3. The summed E-state index contributed by atoms with van der Waals surface area (Å²) in [5.74, 6) is -0.137. The van der Waals surface area contributed by atoms with E-state index in [1.165, 1.54) is 18.2 Å². The van der Waals surface area contributed by atoms with Gasteiger partial charge in [0.25, 0.3) is 11.6 Å². The molecule has 18 heavy (non-hydrogen) atoms. The van der Waals surface area contributed by atoms with E-state index in [0.29, 0.717) is 17.6 Å². The van der Waals surface area contributed by atoms with Crippen LogP contribution in [0.5, 0.6) is 0 Å². The fraction of sp³-hybridized carbons (Fsp3) is 0.364. The van der Waals surface area contributed by atoms with E-state index in [1.807, 2.05) is 0 Å². The predicted octanol–water partition coefficient (Wildman–Crippen LogP) is 1.42. The lowest BCUT2D eigenvalue weighted by atomic mass is 10.00. The van der Waals surface area contributed by atoms with E-state index in [0.717, 1.165) is 0 Å². The van der Waals surface area contributed by atoms with Crippen molar-refractivity contribution in [3.8, 4) is 0 Å². The molecule has 0 atom stereocenters. The van der Waals surface area contributed by atoms with Crippen LogP contribution in [0.2, 0.25) is 0 Å². The van der Waals surface area contributed by atoms with Crippen molar-refractivity contribution < 1.29 is 14.8 Å². The summed E-state index contributed by atoms with van der Waals surface area (Å²) in [5.41, 5.74) is 0.168. The summed E-state index contributed by atoms with van der Waals surface area (Å²) < 4.78 is 0.533. The normalized spacial score (nSPS) is 15.3. The number of hydrogen-bond donors (Lipinski definition) is 1. The number of carbonyl (C=O) groups is 1. The van der Waals surface area contributed by atoms with Gasteiger partial charge in [-0.05, 0) is 22.0 Å². The van der Waals surface area contributed by atoms with Gasteiger partial charge in [0.15, 0.2) is 0 Å². The minimum atomic E-state index is -0.532. The van der Waals surface area contributed by atoms with Crippen LogP contribution in [0, 0.1) is 16.0 Å². The SMILES string of the molecule is O=C(c1cc([N+](=O)[O-])ccc1Br)N1CC(CO)C1. The fourth-order valence-corrected chi connectivity index (χ4v) is 2.23. The first-order chi connectivity index (χ1) is 8.52. The molecule has 0 aliphatic carbocycles. The molecule has 0 radical (unpaired) electrons. The number of nitrogens with zero attached hydrogens (tertiary/aromatic N) is 2. The van der Waals surface area contributed by atoms with Gasteiger partial charge < -0.3 is 10.0 Å². The second-order valence-corrected chi connectivity index (χ2v) is 5.03. The summed E-state index contributed by atoms with van der Waals surface area (Å²) in [6, 6.07) is 4.10. The van der Waals surface area contributed by atoms with Crippen molar-refractivity contribution in [1.29, 1.82) is 0 Å². The molecule has 1 aliphatic rings. The number of amides is 1. The number of rotatable bonds is 3. The zero-order valence-electron chi connectivity index (χ0n) is 9.38. The van der Waals surface area contributed by atoms with Crippen molar-refractivity contribution in [1.82, 2.24) is 4.90 Å². The standard InChI is InChI=1S/C11H11BrN2O4/c12-10-2-1-8(14(17)18)3-9(10)11(16)13-4-7(5-13)6-15/h1-3,7,15H,4-6H2. The van der Waals surface area contributed by atoms with Gasteiger partial charge in [-0.25, -0.2) is 0 Å². The fourth-order valence-electron chi connectivity index (χ4n) is 1.81. The first kappa shape index (κ1) is 13.0. The highest BCUT2D eigenvalue weighted by Gasteiger charge is 2.31. The molecule has 1 aliphatic heterocycles. The highest BCUT2D eigenvalue weighted by Crippen LogP contribution is 2.26. The minimum absolute atomic E-state index is 0.0554. The lowest BCUT2D eigenvalue weighted by molar-refractivity contribution is -0.384. The molecule has 0 aromatic heterocycles. The van der Waals surface area contributed by atoms with Crippen LogP contribution in [-0.2, 0) is 0 Å². The summed E-state index contributed by atoms with van der Waals surface area (Å²) in [6.07, 6.45) is 0. The molecule has 1 aromatic carbocycles. The predicted molar refractivity (Wildman–Crippen MR) is 67.3 cm³/mol. The Morgan fingerprint density at radius 3 is 2.78 bits per heavy atom. The van der Waals surface area contributed by atoms with Crippen LogP contribution in [0.3, 0.4) is 0 Å². The monoisotopic (exact) mass is 314 g/mol. The lowest BCUT2D eigenvalue weighted by Crippen LogP contribution is -2.51. The molecule has 1 saturated heterocycles. The molecule has 0 saturated carbocycles. The summed E-state index contributed by atoms with van der Waals surface area (Å²) >= 11 is 3.21. The molecule has 1 aromatic rings. The molecule has 1 amide bonds.